The molecule has 196 valence electrons. The summed E-state index contributed by atoms with van der Waals surface area (Å²) in [6.07, 6.45) is 3.68. The van der Waals surface area contributed by atoms with Crippen LogP contribution in [0.4, 0.5) is 5.69 Å². The monoisotopic (exact) mass is 521 g/mol. The number of hydrogen-bond acceptors (Lipinski definition) is 5. The number of nitrogens with zero attached hydrogens (tertiary/aromatic N) is 3. The molecule has 0 aliphatic carbocycles. The number of carbonyl (C=O) groups excluding carboxylic acids is 2. The Morgan fingerprint density at radius 2 is 1.76 bits per heavy atom. The molecule has 0 saturated carbocycles. The van der Waals surface area contributed by atoms with E-state index in [1.54, 1.807) is 13.8 Å². The zero-order chi connectivity index (χ0) is 26.7. The first kappa shape index (κ1) is 26.8. The third-order valence-electron chi connectivity index (χ3n) is 7.34. The molecule has 0 bridgehead atoms. The predicted octanol–water partition coefficient (Wildman–Crippen LogP) is 4.82. The van der Waals surface area contributed by atoms with Gasteiger partial charge in [-0.05, 0) is 66.8 Å². The molecule has 0 saturated heterocycles. The summed E-state index contributed by atoms with van der Waals surface area (Å²) in [5.41, 5.74) is 10.8. The first-order valence-corrected chi connectivity index (χ1v) is 13.1. The molecular formula is C29H36ClN5O2. The van der Waals surface area contributed by atoms with Gasteiger partial charge in [0.15, 0.2) is 0 Å². The number of fused-ring (bicyclic) bond motifs is 1. The summed E-state index contributed by atoms with van der Waals surface area (Å²) in [6, 6.07) is 13.9. The smallest absolute Gasteiger partial charge is 0.224 e. The Balaban J connectivity index is 1.89. The number of halogens is 1. The Kier molecular flexibility index (Phi) is 8.25. The van der Waals surface area contributed by atoms with E-state index in [0.29, 0.717) is 24.7 Å². The van der Waals surface area contributed by atoms with E-state index in [0.717, 1.165) is 46.6 Å². The van der Waals surface area contributed by atoms with Crippen molar-refractivity contribution in [3.63, 3.8) is 0 Å². The normalized spacial score (nSPS) is 19.0. The molecule has 4 rings (SSSR count). The fraction of sp³-hybridized carbons (Fsp3) is 0.379. The first-order chi connectivity index (χ1) is 17.7. The molecule has 2 aromatic carbocycles. The number of benzene rings is 2. The summed E-state index contributed by atoms with van der Waals surface area (Å²) >= 11 is 6.17. The van der Waals surface area contributed by atoms with Crippen LogP contribution >= 0.6 is 11.6 Å². The average Bonchev–Trinajstić information content (AvgIpc) is 3.06. The second kappa shape index (κ2) is 11.4. The van der Waals surface area contributed by atoms with Crippen molar-refractivity contribution >= 4 is 40.4 Å². The van der Waals surface area contributed by atoms with Crippen LogP contribution in [0, 0.1) is 0 Å². The maximum Gasteiger partial charge on any atom is 0.224 e. The van der Waals surface area contributed by atoms with Crippen LogP contribution in [0.1, 0.15) is 56.3 Å². The van der Waals surface area contributed by atoms with Crippen molar-refractivity contribution in [2.24, 2.45) is 0 Å². The van der Waals surface area contributed by atoms with Crippen LogP contribution in [0.3, 0.4) is 0 Å². The summed E-state index contributed by atoms with van der Waals surface area (Å²) in [5.74, 6) is 0.0771. The van der Waals surface area contributed by atoms with Crippen LogP contribution in [0.2, 0.25) is 5.02 Å². The molecule has 2 N–H and O–H groups in total. The minimum atomic E-state index is -0.176. The quantitative estimate of drug-likeness (QED) is 0.590. The van der Waals surface area contributed by atoms with Crippen molar-refractivity contribution in [1.82, 2.24) is 20.7 Å². The largest absolute Gasteiger partial charge is 0.390 e. The van der Waals surface area contributed by atoms with Gasteiger partial charge in [-0.15, -0.1) is 0 Å². The molecule has 0 spiro atoms. The molecule has 2 aliphatic heterocycles. The van der Waals surface area contributed by atoms with Crippen molar-refractivity contribution < 1.29 is 9.59 Å². The van der Waals surface area contributed by atoms with Crippen LogP contribution in [-0.4, -0.2) is 55.5 Å². The Hall–Kier alpha value is -3.29. The summed E-state index contributed by atoms with van der Waals surface area (Å²) in [6.45, 7) is 7.35. The van der Waals surface area contributed by atoms with Crippen LogP contribution < -0.4 is 15.6 Å². The highest BCUT2D eigenvalue weighted by molar-refractivity contribution is 6.30. The topological polar surface area (TPSA) is 67.9 Å². The van der Waals surface area contributed by atoms with Gasteiger partial charge in [-0.3, -0.25) is 9.59 Å². The molecule has 0 radical (unpaired) electrons. The van der Waals surface area contributed by atoms with Gasteiger partial charge in [0.2, 0.25) is 11.8 Å². The van der Waals surface area contributed by atoms with Crippen molar-refractivity contribution in [2.75, 3.05) is 38.6 Å². The SMILES string of the molecule is CN/C(C)=C1/c2ccc(C3=CCN(C(C)=O)CC3)cc2C(N(C(C)=O)c2ccc(Cl)cc2)CCN1NC. The standard InChI is InChI=1S/C29H36ClN5O2/c1-19(31-4)29-26-11-6-23(22-12-15-33(16-13-22)20(2)36)18-27(26)28(14-17-34(29)32-5)35(21(3)37)25-9-7-24(30)8-10-25/h6-12,18,28,31-32H,13-17H2,1-5H3/b29-19-. The number of amides is 2. The average molecular weight is 522 g/mol. The highest BCUT2D eigenvalue weighted by Gasteiger charge is 2.33. The zero-order valence-electron chi connectivity index (χ0n) is 22.3. The van der Waals surface area contributed by atoms with Crippen molar-refractivity contribution in [2.45, 2.75) is 39.7 Å². The summed E-state index contributed by atoms with van der Waals surface area (Å²) in [4.78, 5) is 28.7. The van der Waals surface area contributed by atoms with Crippen LogP contribution in [0.5, 0.6) is 0 Å². The fourth-order valence-corrected chi connectivity index (χ4v) is 5.46. The Morgan fingerprint density at radius 1 is 1.03 bits per heavy atom. The summed E-state index contributed by atoms with van der Waals surface area (Å²) < 4.78 is 0. The number of hydrazine groups is 1. The van der Waals surface area contributed by atoms with Crippen molar-refractivity contribution in [3.05, 3.63) is 76.0 Å². The van der Waals surface area contributed by atoms with Gasteiger partial charge in [-0.1, -0.05) is 29.8 Å². The van der Waals surface area contributed by atoms with E-state index in [2.05, 4.69) is 47.0 Å². The third-order valence-corrected chi connectivity index (χ3v) is 7.59. The van der Waals surface area contributed by atoms with Gasteiger partial charge < -0.3 is 20.1 Å². The fourth-order valence-electron chi connectivity index (χ4n) is 5.33. The van der Waals surface area contributed by atoms with E-state index in [9.17, 15) is 9.59 Å². The third kappa shape index (κ3) is 5.53. The lowest BCUT2D eigenvalue weighted by Gasteiger charge is -2.32. The van der Waals surface area contributed by atoms with Gasteiger partial charge in [0, 0.05) is 69.5 Å². The molecule has 0 aromatic heterocycles. The van der Waals surface area contributed by atoms with Crippen LogP contribution in [0.25, 0.3) is 11.3 Å². The van der Waals surface area contributed by atoms with E-state index in [1.165, 1.54) is 5.57 Å². The number of anilines is 1. The Morgan fingerprint density at radius 3 is 2.32 bits per heavy atom. The van der Waals surface area contributed by atoms with Crippen LogP contribution in [0.15, 0.2) is 54.2 Å². The molecule has 2 heterocycles. The van der Waals surface area contributed by atoms with E-state index in [1.807, 2.05) is 48.2 Å². The van der Waals surface area contributed by atoms with E-state index in [4.69, 9.17) is 11.6 Å². The van der Waals surface area contributed by atoms with Crippen molar-refractivity contribution in [3.8, 4) is 0 Å². The molecule has 1 atom stereocenters. The zero-order valence-corrected chi connectivity index (χ0v) is 23.0. The molecule has 7 nitrogen and oxygen atoms in total. The summed E-state index contributed by atoms with van der Waals surface area (Å²) in [7, 11) is 3.85. The molecule has 0 fully saturated rings. The number of allylic oxidation sites excluding steroid dienone is 1. The van der Waals surface area contributed by atoms with E-state index < -0.39 is 0 Å². The van der Waals surface area contributed by atoms with E-state index >= 15 is 0 Å². The number of hydrogen-bond donors (Lipinski definition) is 2. The maximum absolute atomic E-state index is 13.2. The highest BCUT2D eigenvalue weighted by atomic mass is 35.5. The number of rotatable bonds is 5. The van der Waals surface area contributed by atoms with Gasteiger partial charge in [0.1, 0.15) is 0 Å². The molecule has 8 heteroatoms. The number of carbonyl (C=O) groups is 2. The van der Waals surface area contributed by atoms with Gasteiger partial charge in [-0.2, -0.15) is 0 Å². The molecule has 2 aliphatic rings. The minimum absolute atomic E-state index is 0.0218. The van der Waals surface area contributed by atoms with Gasteiger partial charge >= 0.3 is 0 Å². The minimum Gasteiger partial charge on any atom is -0.390 e. The van der Waals surface area contributed by atoms with Gasteiger partial charge in [-0.25, -0.2) is 5.43 Å². The van der Waals surface area contributed by atoms with Gasteiger partial charge in [0.25, 0.3) is 0 Å². The summed E-state index contributed by atoms with van der Waals surface area (Å²) in [5, 5.41) is 6.10. The Labute approximate surface area is 224 Å². The molecule has 1 unspecified atom stereocenters. The van der Waals surface area contributed by atoms with Crippen LogP contribution in [-0.2, 0) is 9.59 Å². The molecule has 2 aromatic rings. The molecular weight excluding hydrogens is 486 g/mol. The predicted molar refractivity (Wildman–Crippen MR) is 151 cm³/mol. The molecule has 2 amide bonds. The lowest BCUT2D eigenvalue weighted by molar-refractivity contribution is -0.128. The highest BCUT2D eigenvalue weighted by Crippen LogP contribution is 2.41. The van der Waals surface area contributed by atoms with Gasteiger partial charge in [0.05, 0.1) is 11.7 Å². The van der Waals surface area contributed by atoms with E-state index in [-0.39, 0.29) is 17.9 Å². The molecule has 37 heavy (non-hydrogen) atoms. The van der Waals surface area contributed by atoms with Crippen molar-refractivity contribution in [1.29, 1.82) is 0 Å². The second-order valence-corrected chi connectivity index (χ2v) is 9.95. The Bertz CT molecular complexity index is 1240. The number of nitrogens with one attached hydrogen (secondary N) is 2. The lowest BCUT2D eigenvalue weighted by atomic mass is 9.90. The second-order valence-electron chi connectivity index (χ2n) is 9.52. The first-order valence-electron chi connectivity index (χ1n) is 12.7. The maximum atomic E-state index is 13.2. The lowest BCUT2D eigenvalue weighted by Crippen LogP contribution is -2.37.